The standard InChI is InChI=1S/C18H21BrN2/c1-14-12-16(19)8-9-18(14)21-11-5-10-20-17(13-21)15-6-3-2-4-7-15/h2-4,6-9,12,17,20H,5,10-11,13H2,1H3. The number of benzene rings is 2. The van der Waals surface area contributed by atoms with E-state index in [4.69, 9.17) is 0 Å². The summed E-state index contributed by atoms with van der Waals surface area (Å²) in [6.45, 7) is 5.40. The van der Waals surface area contributed by atoms with E-state index in [1.807, 2.05) is 0 Å². The van der Waals surface area contributed by atoms with E-state index >= 15 is 0 Å². The number of nitrogens with zero attached hydrogens (tertiary/aromatic N) is 1. The minimum absolute atomic E-state index is 0.400. The van der Waals surface area contributed by atoms with Gasteiger partial charge in [-0.3, -0.25) is 0 Å². The molecule has 110 valence electrons. The van der Waals surface area contributed by atoms with Gasteiger partial charge in [0.15, 0.2) is 0 Å². The van der Waals surface area contributed by atoms with Crippen molar-refractivity contribution in [2.24, 2.45) is 0 Å². The summed E-state index contributed by atoms with van der Waals surface area (Å²) in [5.41, 5.74) is 4.06. The van der Waals surface area contributed by atoms with Crippen LogP contribution in [0, 0.1) is 6.92 Å². The summed E-state index contributed by atoms with van der Waals surface area (Å²) in [5.74, 6) is 0. The van der Waals surface area contributed by atoms with E-state index in [9.17, 15) is 0 Å². The van der Waals surface area contributed by atoms with Gasteiger partial charge >= 0.3 is 0 Å². The topological polar surface area (TPSA) is 15.3 Å². The van der Waals surface area contributed by atoms with Crippen LogP contribution in [0.3, 0.4) is 0 Å². The normalized spacial score (nSPS) is 19.3. The van der Waals surface area contributed by atoms with E-state index in [1.165, 1.54) is 23.2 Å². The maximum atomic E-state index is 3.68. The number of anilines is 1. The molecule has 2 aromatic rings. The van der Waals surface area contributed by atoms with Crippen LogP contribution in [0.1, 0.15) is 23.6 Å². The lowest BCUT2D eigenvalue weighted by atomic mass is 10.1. The van der Waals surface area contributed by atoms with Crippen LogP contribution >= 0.6 is 15.9 Å². The predicted molar refractivity (Wildman–Crippen MR) is 92.9 cm³/mol. The first-order chi connectivity index (χ1) is 10.2. The van der Waals surface area contributed by atoms with Gasteiger partial charge in [-0.15, -0.1) is 0 Å². The van der Waals surface area contributed by atoms with Crippen LogP contribution in [-0.2, 0) is 0 Å². The monoisotopic (exact) mass is 344 g/mol. The minimum atomic E-state index is 0.400. The van der Waals surface area contributed by atoms with Gasteiger partial charge in [0, 0.05) is 29.3 Å². The third-order valence-corrected chi connectivity index (χ3v) is 4.59. The Balaban J connectivity index is 1.85. The van der Waals surface area contributed by atoms with Crippen molar-refractivity contribution in [3.63, 3.8) is 0 Å². The molecule has 1 aliphatic rings. The van der Waals surface area contributed by atoms with Gasteiger partial charge < -0.3 is 10.2 Å². The summed E-state index contributed by atoms with van der Waals surface area (Å²) in [4.78, 5) is 2.51. The van der Waals surface area contributed by atoms with E-state index in [0.29, 0.717) is 6.04 Å². The third-order valence-electron chi connectivity index (χ3n) is 4.10. The molecule has 0 saturated carbocycles. The van der Waals surface area contributed by atoms with Crippen molar-refractivity contribution < 1.29 is 0 Å². The molecule has 0 aliphatic carbocycles. The van der Waals surface area contributed by atoms with Gasteiger partial charge in [-0.05, 0) is 49.2 Å². The first kappa shape index (κ1) is 14.6. The highest BCUT2D eigenvalue weighted by molar-refractivity contribution is 9.10. The Morgan fingerprint density at radius 1 is 1.14 bits per heavy atom. The maximum Gasteiger partial charge on any atom is 0.0498 e. The highest BCUT2D eigenvalue weighted by Crippen LogP contribution is 2.27. The Labute approximate surface area is 135 Å². The molecule has 21 heavy (non-hydrogen) atoms. The average Bonchev–Trinajstić information content (AvgIpc) is 2.74. The average molecular weight is 345 g/mol. The molecule has 1 unspecified atom stereocenters. The number of nitrogens with one attached hydrogen (secondary N) is 1. The SMILES string of the molecule is Cc1cc(Br)ccc1N1CCCNC(c2ccccc2)C1. The molecule has 2 nitrogen and oxygen atoms in total. The van der Waals surface area contributed by atoms with Crippen molar-refractivity contribution in [3.8, 4) is 0 Å². The highest BCUT2D eigenvalue weighted by Gasteiger charge is 2.20. The summed E-state index contributed by atoms with van der Waals surface area (Å²) in [5, 5.41) is 3.68. The zero-order chi connectivity index (χ0) is 14.7. The first-order valence-corrected chi connectivity index (χ1v) is 8.33. The molecule has 2 aromatic carbocycles. The lowest BCUT2D eigenvalue weighted by molar-refractivity contribution is 0.570. The molecular weight excluding hydrogens is 324 g/mol. The van der Waals surface area contributed by atoms with Gasteiger partial charge in [-0.2, -0.15) is 0 Å². The van der Waals surface area contributed by atoms with Crippen LogP contribution in [0.5, 0.6) is 0 Å². The summed E-state index contributed by atoms with van der Waals surface area (Å²) in [6, 6.07) is 17.7. The van der Waals surface area contributed by atoms with Crippen molar-refractivity contribution in [2.45, 2.75) is 19.4 Å². The van der Waals surface area contributed by atoms with Gasteiger partial charge in [0.05, 0.1) is 0 Å². The minimum Gasteiger partial charge on any atom is -0.369 e. The molecule has 1 aliphatic heterocycles. The molecule has 1 N–H and O–H groups in total. The van der Waals surface area contributed by atoms with Crippen molar-refractivity contribution in [2.75, 3.05) is 24.5 Å². The molecule has 0 aromatic heterocycles. The molecular formula is C18H21BrN2. The molecule has 0 spiro atoms. The molecule has 1 atom stereocenters. The quantitative estimate of drug-likeness (QED) is 0.873. The fraction of sp³-hybridized carbons (Fsp3) is 0.333. The van der Waals surface area contributed by atoms with Crippen LogP contribution in [0.25, 0.3) is 0 Å². The summed E-state index contributed by atoms with van der Waals surface area (Å²) < 4.78 is 1.15. The zero-order valence-electron chi connectivity index (χ0n) is 12.3. The number of aryl methyl sites for hydroxylation is 1. The summed E-state index contributed by atoms with van der Waals surface area (Å²) in [7, 11) is 0. The lowest BCUT2D eigenvalue weighted by Crippen LogP contribution is -2.31. The Morgan fingerprint density at radius 2 is 1.95 bits per heavy atom. The molecule has 1 saturated heterocycles. The zero-order valence-corrected chi connectivity index (χ0v) is 13.9. The van der Waals surface area contributed by atoms with E-state index < -0.39 is 0 Å². The van der Waals surface area contributed by atoms with Crippen LogP contribution in [0.4, 0.5) is 5.69 Å². The Morgan fingerprint density at radius 3 is 2.71 bits per heavy atom. The van der Waals surface area contributed by atoms with E-state index in [1.54, 1.807) is 0 Å². The van der Waals surface area contributed by atoms with Crippen molar-refractivity contribution in [3.05, 3.63) is 64.1 Å². The lowest BCUT2D eigenvalue weighted by Gasteiger charge is -2.28. The van der Waals surface area contributed by atoms with E-state index in [-0.39, 0.29) is 0 Å². The fourth-order valence-corrected chi connectivity index (χ4v) is 3.50. The molecule has 3 heteroatoms. The predicted octanol–water partition coefficient (Wildman–Crippen LogP) is 4.30. The molecule has 0 radical (unpaired) electrons. The molecule has 0 bridgehead atoms. The van der Waals surface area contributed by atoms with Crippen molar-refractivity contribution >= 4 is 21.6 Å². The highest BCUT2D eigenvalue weighted by atomic mass is 79.9. The van der Waals surface area contributed by atoms with Crippen LogP contribution in [0.15, 0.2) is 53.0 Å². The Bertz CT molecular complexity index is 597. The molecule has 1 fully saturated rings. The van der Waals surface area contributed by atoms with Crippen molar-refractivity contribution in [1.29, 1.82) is 0 Å². The first-order valence-electron chi connectivity index (χ1n) is 7.53. The summed E-state index contributed by atoms with van der Waals surface area (Å²) >= 11 is 3.55. The Kier molecular flexibility index (Phi) is 4.61. The summed E-state index contributed by atoms with van der Waals surface area (Å²) in [6.07, 6.45) is 1.18. The van der Waals surface area contributed by atoms with Crippen LogP contribution in [-0.4, -0.2) is 19.6 Å². The van der Waals surface area contributed by atoms with Gasteiger partial charge in [-0.25, -0.2) is 0 Å². The van der Waals surface area contributed by atoms with Crippen molar-refractivity contribution in [1.82, 2.24) is 5.32 Å². The van der Waals surface area contributed by atoms with E-state index in [0.717, 1.165) is 24.1 Å². The van der Waals surface area contributed by atoms with Gasteiger partial charge in [0.25, 0.3) is 0 Å². The number of hydrogen-bond acceptors (Lipinski definition) is 2. The molecule has 1 heterocycles. The largest absolute Gasteiger partial charge is 0.369 e. The third kappa shape index (κ3) is 3.47. The molecule has 3 rings (SSSR count). The maximum absolute atomic E-state index is 3.68. The Hall–Kier alpha value is -1.32. The van der Waals surface area contributed by atoms with E-state index in [2.05, 4.69) is 81.6 Å². The number of rotatable bonds is 2. The number of halogens is 1. The second-order valence-corrected chi connectivity index (χ2v) is 6.56. The number of hydrogen-bond donors (Lipinski definition) is 1. The van der Waals surface area contributed by atoms with Crippen LogP contribution < -0.4 is 10.2 Å². The van der Waals surface area contributed by atoms with Crippen LogP contribution in [0.2, 0.25) is 0 Å². The molecule has 0 amide bonds. The second-order valence-electron chi connectivity index (χ2n) is 5.65. The fourth-order valence-electron chi connectivity index (χ4n) is 3.02. The van der Waals surface area contributed by atoms with Gasteiger partial charge in [-0.1, -0.05) is 46.3 Å². The second kappa shape index (κ2) is 6.63. The van der Waals surface area contributed by atoms with Gasteiger partial charge in [0.2, 0.25) is 0 Å². The van der Waals surface area contributed by atoms with Gasteiger partial charge in [0.1, 0.15) is 0 Å². The smallest absolute Gasteiger partial charge is 0.0498 e.